The summed E-state index contributed by atoms with van der Waals surface area (Å²) < 4.78 is 14.7. The predicted molar refractivity (Wildman–Crippen MR) is 90.8 cm³/mol. The van der Waals surface area contributed by atoms with Crippen molar-refractivity contribution in [3.63, 3.8) is 0 Å². The van der Waals surface area contributed by atoms with E-state index in [-0.39, 0.29) is 17.6 Å². The number of aromatic nitrogens is 2. The van der Waals surface area contributed by atoms with Gasteiger partial charge in [0.25, 0.3) is 11.8 Å². The number of hydrogen-bond acceptors (Lipinski definition) is 3. The predicted octanol–water partition coefficient (Wildman–Crippen LogP) is 1.86. The average Bonchev–Trinajstić information content (AvgIpc) is 2.81. The van der Waals surface area contributed by atoms with Crippen LogP contribution in [0.15, 0.2) is 30.5 Å². The first-order chi connectivity index (χ1) is 12.0. The molecular formula is C18H21FN4O2. The monoisotopic (exact) mass is 344 g/mol. The third kappa shape index (κ3) is 3.55. The second kappa shape index (κ2) is 7.04. The van der Waals surface area contributed by atoms with Crippen molar-refractivity contribution in [2.24, 2.45) is 7.05 Å². The fourth-order valence-electron chi connectivity index (χ4n) is 2.98. The number of carbonyl (C=O) groups is 2. The van der Waals surface area contributed by atoms with Gasteiger partial charge in [-0.3, -0.25) is 14.3 Å². The highest BCUT2D eigenvalue weighted by molar-refractivity contribution is 5.96. The zero-order valence-corrected chi connectivity index (χ0v) is 14.4. The lowest BCUT2D eigenvalue weighted by atomic mass is 10.2. The highest BCUT2D eigenvalue weighted by Gasteiger charge is 2.25. The lowest BCUT2D eigenvalue weighted by molar-refractivity contribution is 0.0718. The molecule has 2 heterocycles. The van der Waals surface area contributed by atoms with E-state index >= 15 is 0 Å². The fraction of sp³-hybridized carbons (Fsp3) is 0.389. The molecule has 25 heavy (non-hydrogen) atoms. The third-order valence-corrected chi connectivity index (χ3v) is 4.63. The molecule has 1 aliphatic heterocycles. The first-order valence-corrected chi connectivity index (χ1v) is 8.30. The molecular weight excluding hydrogens is 323 g/mol. The van der Waals surface area contributed by atoms with Gasteiger partial charge in [-0.15, -0.1) is 0 Å². The number of aryl methyl sites for hydroxylation is 1. The van der Waals surface area contributed by atoms with E-state index in [0.29, 0.717) is 43.7 Å². The van der Waals surface area contributed by atoms with Crippen LogP contribution in [-0.4, -0.2) is 57.6 Å². The Morgan fingerprint density at radius 1 is 1.00 bits per heavy atom. The van der Waals surface area contributed by atoms with Gasteiger partial charge < -0.3 is 9.80 Å². The van der Waals surface area contributed by atoms with Crippen molar-refractivity contribution in [3.8, 4) is 0 Å². The van der Waals surface area contributed by atoms with Gasteiger partial charge >= 0.3 is 0 Å². The lowest BCUT2D eigenvalue weighted by Crippen LogP contribution is -2.37. The molecule has 0 saturated carbocycles. The zero-order chi connectivity index (χ0) is 18.0. The fourth-order valence-corrected chi connectivity index (χ4v) is 2.98. The number of benzene rings is 1. The third-order valence-electron chi connectivity index (χ3n) is 4.63. The van der Waals surface area contributed by atoms with Gasteiger partial charge in [-0.2, -0.15) is 5.10 Å². The van der Waals surface area contributed by atoms with Crippen LogP contribution in [0.5, 0.6) is 0 Å². The standard InChI is InChI=1S/C18H21FN4O2/c1-13-16(12-20-21(13)2)18(25)23-9-3-8-22(10-11-23)17(24)14-4-6-15(19)7-5-14/h4-7,12H,3,8-11H2,1-2H3. The van der Waals surface area contributed by atoms with Gasteiger partial charge in [0.2, 0.25) is 0 Å². The number of amides is 2. The van der Waals surface area contributed by atoms with Crippen molar-refractivity contribution >= 4 is 11.8 Å². The molecule has 0 N–H and O–H groups in total. The van der Waals surface area contributed by atoms with E-state index in [1.54, 1.807) is 27.7 Å². The summed E-state index contributed by atoms with van der Waals surface area (Å²) in [5.41, 5.74) is 1.89. The minimum absolute atomic E-state index is 0.0540. The maximum atomic E-state index is 13.0. The van der Waals surface area contributed by atoms with E-state index < -0.39 is 0 Å². The van der Waals surface area contributed by atoms with Crippen LogP contribution in [0.1, 0.15) is 32.8 Å². The van der Waals surface area contributed by atoms with Crippen molar-refractivity contribution in [3.05, 3.63) is 53.1 Å². The first-order valence-electron chi connectivity index (χ1n) is 8.30. The number of rotatable bonds is 2. The lowest BCUT2D eigenvalue weighted by Gasteiger charge is -2.22. The van der Waals surface area contributed by atoms with Crippen LogP contribution >= 0.6 is 0 Å². The Kier molecular flexibility index (Phi) is 4.83. The van der Waals surface area contributed by atoms with Gasteiger partial charge in [-0.25, -0.2) is 4.39 Å². The van der Waals surface area contributed by atoms with E-state index in [0.717, 1.165) is 5.69 Å². The number of halogens is 1. The van der Waals surface area contributed by atoms with Crippen LogP contribution in [0.2, 0.25) is 0 Å². The maximum absolute atomic E-state index is 13.0. The van der Waals surface area contributed by atoms with Gasteiger partial charge in [0.1, 0.15) is 5.82 Å². The molecule has 2 aromatic rings. The molecule has 2 amide bonds. The topological polar surface area (TPSA) is 58.4 Å². The van der Waals surface area contributed by atoms with Crippen molar-refractivity contribution in [1.29, 1.82) is 0 Å². The highest BCUT2D eigenvalue weighted by Crippen LogP contribution is 2.14. The molecule has 132 valence electrons. The molecule has 0 unspecified atom stereocenters. The summed E-state index contributed by atoms with van der Waals surface area (Å²) in [6.45, 7) is 3.97. The molecule has 6 nitrogen and oxygen atoms in total. The van der Waals surface area contributed by atoms with E-state index in [4.69, 9.17) is 0 Å². The SMILES string of the molecule is Cc1c(C(=O)N2CCCN(C(=O)c3ccc(F)cc3)CC2)cnn1C. The number of carbonyl (C=O) groups excluding carboxylic acids is 2. The van der Waals surface area contributed by atoms with Crippen LogP contribution < -0.4 is 0 Å². The van der Waals surface area contributed by atoms with Gasteiger partial charge in [-0.1, -0.05) is 0 Å². The summed E-state index contributed by atoms with van der Waals surface area (Å²) in [7, 11) is 1.80. The summed E-state index contributed by atoms with van der Waals surface area (Å²) in [5.74, 6) is -0.551. The molecule has 1 aliphatic rings. The van der Waals surface area contributed by atoms with Crippen molar-refractivity contribution in [2.45, 2.75) is 13.3 Å². The van der Waals surface area contributed by atoms with Gasteiger partial charge in [0.05, 0.1) is 11.8 Å². The Morgan fingerprint density at radius 2 is 1.60 bits per heavy atom. The Hall–Kier alpha value is -2.70. The average molecular weight is 344 g/mol. The molecule has 3 rings (SSSR count). The van der Waals surface area contributed by atoms with Crippen LogP contribution in [0.4, 0.5) is 4.39 Å². The summed E-state index contributed by atoms with van der Waals surface area (Å²) in [6, 6.07) is 5.55. The van der Waals surface area contributed by atoms with Crippen LogP contribution in [0, 0.1) is 12.7 Å². The van der Waals surface area contributed by atoms with Crippen molar-refractivity contribution in [1.82, 2.24) is 19.6 Å². The molecule has 0 aliphatic carbocycles. The molecule has 0 radical (unpaired) electrons. The van der Waals surface area contributed by atoms with Gasteiger partial charge in [0, 0.05) is 44.5 Å². The van der Waals surface area contributed by atoms with Crippen LogP contribution in [-0.2, 0) is 7.05 Å². The minimum atomic E-state index is -0.365. The summed E-state index contributed by atoms with van der Waals surface area (Å²) >= 11 is 0. The molecule has 1 saturated heterocycles. The molecule has 0 spiro atoms. The van der Waals surface area contributed by atoms with Crippen molar-refractivity contribution < 1.29 is 14.0 Å². The molecule has 1 fully saturated rings. The van der Waals surface area contributed by atoms with Gasteiger partial charge in [0.15, 0.2) is 0 Å². The van der Waals surface area contributed by atoms with E-state index in [1.807, 2.05) is 6.92 Å². The first kappa shape index (κ1) is 17.1. The largest absolute Gasteiger partial charge is 0.337 e. The van der Waals surface area contributed by atoms with Crippen LogP contribution in [0.25, 0.3) is 0 Å². The van der Waals surface area contributed by atoms with E-state index in [9.17, 15) is 14.0 Å². The quantitative estimate of drug-likeness (QED) is 0.835. The molecule has 1 aromatic heterocycles. The van der Waals surface area contributed by atoms with Gasteiger partial charge in [-0.05, 0) is 37.6 Å². The number of nitrogens with zero attached hydrogens (tertiary/aromatic N) is 4. The normalized spacial score (nSPS) is 15.2. The van der Waals surface area contributed by atoms with Crippen LogP contribution in [0.3, 0.4) is 0 Å². The highest BCUT2D eigenvalue weighted by atomic mass is 19.1. The molecule has 0 atom stereocenters. The Morgan fingerprint density at radius 3 is 2.16 bits per heavy atom. The summed E-state index contributed by atoms with van der Waals surface area (Å²) in [6.07, 6.45) is 2.29. The minimum Gasteiger partial charge on any atom is -0.337 e. The smallest absolute Gasteiger partial charge is 0.257 e. The second-order valence-corrected chi connectivity index (χ2v) is 6.21. The maximum Gasteiger partial charge on any atom is 0.257 e. The molecule has 1 aromatic carbocycles. The molecule has 7 heteroatoms. The summed E-state index contributed by atoms with van der Waals surface area (Å²) in [4.78, 5) is 28.7. The van der Waals surface area contributed by atoms with Crippen molar-refractivity contribution in [2.75, 3.05) is 26.2 Å². The Balaban J connectivity index is 1.68. The Bertz CT molecular complexity index is 785. The molecule has 0 bridgehead atoms. The summed E-state index contributed by atoms with van der Waals surface area (Å²) in [5, 5.41) is 4.12. The zero-order valence-electron chi connectivity index (χ0n) is 14.4. The number of hydrogen-bond donors (Lipinski definition) is 0. The Labute approximate surface area is 145 Å². The van der Waals surface area contributed by atoms with E-state index in [1.165, 1.54) is 24.3 Å². The van der Waals surface area contributed by atoms with E-state index in [2.05, 4.69) is 5.10 Å². The second-order valence-electron chi connectivity index (χ2n) is 6.21.